The molecule has 0 aromatic heterocycles. The molecule has 0 fully saturated rings. The zero-order valence-corrected chi connectivity index (χ0v) is 15.5. The SMILES string of the molecule is NC(=O)[C@@H](c1ccccc1)N(Cc1cccc(C(F)F)c1)C(=O)c1ccccc1. The van der Waals surface area contributed by atoms with Gasteiger partial charge in [-0.15, -0.1) is 0 Å². The van der Waals surface area contributed by atoms with Crippen LogP contribution in [0.2, 0.25) is 0 Å². The molecule has 3 aromatic carbocycles. The first-order valence-corrected chi connectivity index (χ1v) is 9.04. The summed E-state index contributed by atoms with van der Waals surface area (Å²) in [4.78, 5) is 26.9. The maximum Gasteiger partial charge on any atom is 0.263 e. The average Bonchev–Trinajstić information content (AvgIpc) is 2.74. The van der Waals surface area contributed by atoms with Crippen molar-refractivity contribution in [3.8, 4) is 0 Å². The highest BCUT2D eigenvalue weighted by atomic mass is 19.3. The predicted octanol–water partition coefficient (Wildman–Crippen LogP) is 4.49. The molecule has 0 heterocycles. The Morgan fingerprint density at radius 3 is 2.00 bits per heavy atom. The van der Waals surface area contributed by atoms with Crippen molar-refractivity contribution in [2.75, 3.05) is 0 Å². The van der Waals surface area contributed by atoms with Crippen molar-refractivity contribution < 1.29 is 18.4 Å². The van der Waals surface area contributed by atoms with Crippen LogP contribution in [0.1, 0.15) is 39.5 Å². The molecule has 0 unspecified atom stereocenters. The van der Waals surface area contributed by atoms with E-state index in [0.717, 1.165) is 0 Å². The van der Waals surface area contributed by atoms with Crippen molar-refractivity contribution in [1.29, 1.82) is 0 Å². The van der Waals surface area contributed by atoms with E-state index in [-0.39, 0.29) is 12.1 Å². The Morgan fingerprint density at radius 2 is 1.41 bits per heavy atom. The first-order valence-electron chi connectivity index (χ1n) is 9.04. The summed E-state index contributed by atoms with van der Waals surface area (Å²) in [6.45, 7) is -0.0449. The summed E-state index contributed by atoms with van der Waals surface area (Å²) in [5.74, 6) is -1.12. The lowest BCUT2D eigenvalue weighted by Gasteiger charge is -2.30. The molecular weight excluding hydrogens is 374 g/mol. The minimum atomic E-state index is -2.63. The van der Waals surface area contributed by atoms with E-state index in [0.29, 0.717) is 16.7 Å². The van der Waals surface area contributed by atoms with Crippen LogP contribution in [0.4, 0.5) is 8.78 Å². The first-order chi connectivity index (χ1) is 14.0. The molecule has 0 aliphatic heterocycles. The molecule has 0 aliphatic rings. The fourth-order valence-corrected chi connectivity index (χ4v) is 3.18. The van der Waals surface area contributed by atoms with Gasteiger partial charge in [0.2, 0.25) is 5.91 Å². The molecule has 29 heavy (non-hydrogen) atoms. The van der Waals surface area contributed by atoms with Gasteiger partial charge >= 0.3 is 0 Å². The van der Waals surface area contributed by atoms with Crippen molar-refractivity contribution >= 4 is 11.8 Å². The van der Waals surface area contributed by atoms with E-state index in [9.17, 15) is 18.4 Å². The summed E-state index contributed by atoms with van der Waals surface area (Å²) >= 11 is 0. The number of carbonyl (C=O) groups is 2. The molecule has 0 saturated heterocycles. The Kier molecular flexibility index (Phi) is 6.34. The fourth-order valence-electron chi connectivity index (χ4n) is 3.18. The van der Waals surface area contributed by atoms with E-state index < -0.39 is 24.3 Å². The van der Waals surface area contributed by atoms with Crippen molar-refractivity contribution in [2.24, 2.45) is 5.73 Å². The van der Waals surface area contributed by atoms with Gasteiger partial charge in [-0.25, -0.2) is 8.78 Å². The second-order valence-corrected chi connectivity index (χ2v) is 6.56. The molecule has 148 valence electrons. The largest absolute Gasteiger partial charge is 0.368 e. The van der Waals surface area contributed by atoms with Crippen LogP contribution in [-0.2, 0) is 11.3 Å². The number of amides is 2. The van der Waals surface area contributed by atoms with Crippen LogP contribution in [0.15, 0.2) is 84.9 Å². The number of rotatable bonds is 7. The lowest BCUT2D eigenvalue weighted by molar-refractivity contribution is -0.122. The van der Waals surface area contributed by atoms with Crippen LogP contribution in [0.3, 0.4) is 0 Å². The van der Waals surface area contributed by atoms with E-state index in [1.165, 1.54) is 23.1 Å². The lowest BCUT2D eigenvalue weighted by Crippen LogP contribution is -2.41. The number of primary amides is 1. The van der Waals surface area contributed by atoms with Gasteiger partial charge < -0.3 is 10.6 Å². The number of halogens is 2. The molecular formula is C23H20F2N2O2. The third-order valence-corrected chi connectivity index (χ3v) is 4.53. The quantitative estimate of drug-likeness (QED) is 0.642. The number of hydrogen-bond donors (Lipinski definition) is 1. The highest BCUT2D eigenvalue weighted by molar-refractivity contribution is 5.97. The van der Waals surface area contributed by atoms with Crippen LogP contribution >= 0.6 is 0 Å². The van der Waals surface area contributed by atoms with Crippen LogP contribution in [0, 0.1) is 0 Å². The van der Waals surface area contributed by atoms with Gasteiger partial charge in [-0.2, -0.15) is 0 Å². The Morgan fingerprint density at radius 1 is 0.828 bits per heavy atom. The summed E-state index contributed by atoms with van der Waals surface area (Å²) < 4.78 is 26.2. The molecule has 0 aliphatic carbocycles. The Bertz CT molecular complexity index is 978. The Labute approximate surface area is 167 Å². The zero-order valence-electron chi connectivity index (χ0n) is 15.5. The van der Waals surface area contributed by atoms with Gasteiger partial charge in [-0.1, -0.05) is 66.7 Å². The number of nitrogens with two attached hydrogens (primary N) is 1. The van der Waals surface area contributed by atoms with Gasteiger partial charge in [-0.05, 0) is 29.3 Å². The molecule has 3 aromatic rings. The first kappa shape index (κ1) is 20.2. The number of benzene rings is 3. The van der Waals surface area contributed by atoms with Crippen LogP contribution in [0.25, 0.3) is 0 Å². The third-order valence-electron chi connectivity index (χ3n) is 4.53. The Hall–Kier alpha value is -3.54. The second-order valence-electron chi connectivity index (χ2n) is 6.56. The number of carbonyl (C=O) groups excluding carboxylic acids is 2. The van der Waals surface area contributed by atoms with Gasteiger partial charge in [0, 0.05) is 17.7 Å². The molecule has 0 radical (unpaired) electrons. The summed E-state index contributed by atoms with van der Waals surface area (Å²) in [5, 5.41) is 0. The highest BCUT2D eigenvalue weighted by Gasteiger charge is 2.30. The van der Waals surface area contributed by atoms with E-state index in [1.807, 2.05) is 0 Å². The standard InChI is InChI=1S/C23H20F2N2O2/c24-21(25)19-13-7-8-16(14-19)15-27(23(29)18-11-5-2-6-12-18)20(22(26)28)17-9-3-1-4-10-17/h1-14,20-21H,15H2,(H2,26,28)/t20-/m1/s1. The molecule has 6 heteroatoms. The van der Waals surface area contributed by atoms with Crippen LogP contribution in [-0.4, -0.2) is 16.7 Å². The van der Waals surface area contributed by atoms with Gasteiger partial charge in [0.15, 0.2) is 0 Å². The summed E-state index contributed by atoms with van der Waals surface area (Å²) in [6, 6.07) is 21.9. The fraction of sp³-hybridized carbons (Fsp3) is 0.130. The molecule has 4 nitrogen and oxygen atoms in total. The van der Waals surface area contributed by atoms with E-state index in [4.69, 9.17) is 5.73 Å². The molecule has 0 spiro atoms. The molecule has 0 saturated carbocycles. The molecule has 2 amide bonds. The van der Waals surface area contributed by atoms with Gasteiger partial charge in [0.1, 0.15) is 6.04 Å². The van der Waals surface area contributed by atoms with Gasteiger partial charge in [0.25, 0.3) is 12.3 Å². The molecule has 2 N–H and O–H groups in total. The summed E-state index contributed by atoms with van der Waals surface area (Å²) in [6.07, 6.45) is -2.63. The van der Waals surface area contributed by atoms with Gasteiger partial charge in [-0.3, -0.25) is 9.59 Å². The van der Waals surface area contributed by atoms with E-state index >= 15 is 0 Å². The van der Waals surface area contributed by atoms with Crippen LogP contribution < -0.4 is 5.73 Å². The van der Waals surface area contributed by atoms with E-state index in [2.05, 4.69) is 0 Å². The molecule has 1 atom stereocenters. The minimum Gasteiger partial charge on any atom is -0.368 e. The average molecular weight is 394 g/mol. The van der Waals surface area contributed by atoms with Crippen LogP contribution in [0.5, 0.6) is 0 Å². The normalized spacial score (nSPS) is 11.8. The van der Waals surface area contributed by atoms with Crippen molar-refractivity contribution in [3.63, 3.8) is 0 Å². The van der Waals surface area contributed by atoms with Crippen molar-refractivity contribution in [1.82, 2.24) is 4.90 Å². The third kappa shape index (κ3) is 4.85. The zero-order chi connectivity index (χ0) is 20.8. The highest BCUT2D eigenvalue weighted by Crippen LogP contribution is 2.27. The summed E-state index contributed by atoms with van der Waals surface area (Å²) in [7, 11) is 0. The number of hydrogen-bond acceptors (Lipinski definition) is 2. The smallest absolute Gasteiger partial charge is 0.263 e. The molecule has 0 bridgehead atoms. The van der Waals surface area contributed by atoms with Crippen molar-refractivity contribution in [3.05, 3.63) is 107 Å². The monoisotopic (exact) mass is 394 g/mol. The summed E-state index contributed by atoms with van der Waals surface area (Å²) in [5.41, 5.74) is 6.92. The lowest BCUT2D eigenvalue weighted by atomic mass is 10.0. The molecule has 3 rings (SSSR count). The minimum absolute atomic E-state index is 0.0449. The second kappa shape index (κ2) is 9.10. The number of alkyl halides is 2. The predicted molar refractivity (Wildman–Crippen MR) is 106 cm³/mol. The van der Waals surface area contributed by atoms with Gasteiger partial charge in [0.05, 0.1) is 0 Å². The van der Waals surface area contributed by atoms with E-state index in [1.54, 1.807) is 66.7 Å². The number of nitrogens with zero attached hydrogens (tertiary/aromatic N) is 1. The van der Waals surface area contributed by atoms with Crippen molar-refractivity contribution in [2.45, 2.75) is 19.0 Å². The topological polar surface area (TPSA) is 63.4 Å². The maximum absolute atomic E-state index is 13.3. The Balaban J connectivity index is 2.04. The maximum atomic E-state index is 13.3.